The lowest BCUT2D eigenvalue weighted by molar-refractivity contribution is -0.0876. The lowest BCUT2D eigenvalue weighted by Gasteiger charge is -2.19. The molecule has 3 rings (SSSR count). The van der Waals surface area contributed by atoms with Crippen molar-refractivity contribution in [2.75, 3.05) is 6.61 Å². The fraction of sp³-hybridized carbons (Fsp3) is 0.625. The number of aromatic nitrogens is 3. The Labute approximate surface area is 154 Å². The van der Waals surface area contributed by atoms with E-state index in [2.05, 4.69) is 23.2 Å². The molecule has 2 aliphatic heterocycles. The van der Waals surface area contributed by atoms with Crippen LogP contribution in [0.4, 0.5) is 0 Å². The number of phosphoric acid groups is 3. The minimum atomic E-state index is -5.61. The van der Waals surface area contributed by atoms with Gasteiger partial charge in [0.25, 0.3) is 5.91 Å². The number of nitrogens with zero attached hydrogens (tertiary/aromatic N) is 3. The Balaban J connectivity index is 1.56. The summed E-state index contributed by atoms with van der Waals surface area (Å²) in [5.41, 5.74) is 5.04. The first-order valence-electron chi connectivity index (χ1n) is 7.06. The van der Waals surface area contributed by atoms with Crippen molar-refractivity contribution in [1.29, 1.82) is 0 Å². The number of carbonyl (C=O) groups is 1. The van der Waals surface area contributed by atoms with Crippen LogP contribution in [0.2, 0.25) is 0 Å². The highest BCUT2D eigenvalue weighted by Crippen LogP contribution is 2.66. The Hall–Kier alpha value is -1.06. The molecule has 6 N–H and O–H groups in total. The molecule has 3 heterocycles. The van der Waals surface area contributed by atoms with Crippen LogP contribution in [0.1, 0.15) is 16.8 Å². The molecule has 1 amide bonds. The van der Waals surface area contributed by atoms with Crippen molar-refractivity contribution < 1.29 is 60.7 Å². The van der Waals surface area contributed by atoms with Crippen molar-refractivity contribution in [3.05, 3.63) is 12.2 Å². The molecule has 158 valence electrons. The van der Waals surface area contributed by atoms with E-state index in [1.54, 1.807) is 0 Å². The summed E-state index contributed by atoms with van der Waals surface area (Å²) < 4.78 is 57.1. The van der Waals surface area contributed by atoms with Crippen molar-refractivity contribution in [3.63, 3.8) is 0 Å². The average molecular weight is 466 g/mol. The predicted octanol–water partition coefficient (Wildman–Crippen LogP) is -1.61. The van der Waals surface area contributed by atoms with Gasteiger partial charge in [-0.2, -0.15) is 8.62 Å². The molecule has 0 aromatic carbocycles. The molecule has 0 radical (unpaired) electrons. The van der Waals surface area contributed by atoms with Crippen LogP contribution in [0.25, 0.3) is 0 Å². The Morgan fingerprint density at radius 3 is 2.39 bits per heavy atom. The van der Waals surface area contributed by atoms with Gasteiger partial charge in [-0.3, -0.25) is 9.32 Å². The van der Waals surface area contributed by atoms with E-state index in [-0.39, 0.29) is 5.82 Å². The molecule has 6 atom stereocenters. The smallest absolute Gasteiger partial charge is 0.363 e. The van der Waals surface area contributed by atoms with Gasteiger partial charge in [-0.05, 0) is 0 Å². The summed E-state index contributed by atoms with van der Waals surface area (Å²) in [7, 11) is -16.4. The van der Waals surface area contributed by atoms with Crippen molar-refractivity contribution in [1.82, 2.24) is 14.8 Å². The summed E-state index contributed by atoms with van der Waals surface area (Å²) in [6.07, 6.45) is -1.74. The Bertz CT molecular complexity index is 913. The van der Waals surface area contributed by atoms with Gasteiger partial charge in [-0.15, -0.1) is 5.10 Å². The minimum absolute atomic E-state index is 0.266. The molecule has 1 aromatic rings. The van der Waals surface area contributed by atoms with Crippen LogP contribution in [-0.2, 0) is 36.3 Å². The van der Waals surface area contributed by atoms with Crippen molar-refractivity contribution >= 4 is 29.4 Å². The molecular formula is C8H13N4O13P3. The highest BCUT2D eigenvalue weighted by Gasteiger charge is 2.60. The van der Waals surface area contributed by atoms with Gasteiger partial charge in [0.1, 0.15) is 24.6 Å². The summed E-state index contributed by atoms with van der Waals surface area (Å²) in [6.45, 7) is -0.668. The van der Waals surface area contributed by atoms with E-state index in [1.165, 1.54) is 0 Å². The number of hydrogen-bond acceptors (Lipinski definition) is 11. The van der Waals surface area contributed by atoms with Gasteiger partial charge in [-0.1, -0.05) is 0 Å². The van der Waals surface area contributed by atoms with Crippen molar-refractivity contribution in [3.8, 4) is 0 Å². The number of hydrogen-bond donors (Lipinski definition) is 5. The predicted molar refractivity (Wildman–Crippen MR) is 80.9 cm³/mol. The zero-order chi connectivity index (χ0) is 20.9. The fourth-order valence-electron chi connectivity index (χ4n) is 2.33. The third kappa shape index (κ3) is 5.30. The van der Waals surface area contributed by atoms with E-state index in [9.17, 15) is 23.4 Å². The second-order valence-corrected chi connectivity index (χ2v) is 9.85. The zero-order valence-electron chi connectivity index (χ0n) is 13.3. The van der Waals surface area contributed by atoms with E-state index in [4.69, 9.17) is 29.9 Å². The van der Waals surface area contributed by atoms with Gasteiger partial charge >= 0.3 is 23.5 Å². The van der Waals surface area contributed by atoms with Crippen LogP contribution >= 0.6 is 23.5 Å². The van der Waals surface area contributed by atoms with Crippen LogP contribution in [0.15, 0.2) is 6.33 Å². The molecule has 2 unspecified atom stereocenters. The largest absolute Gasteiger partial charge is 0.490 e. The maximum Gasteiger partial charge on any atom is 0.490 e. The summed E-state index contributed by atoms with van der Waals surface area (Å²) in [5, 5.41) is 3.79. The van der Waals surface area contributed by atoms with E-state index in [0.29, 0.717) is 0 Å². The number of primary amides is 1. The van der Waals surface area contributed by atoms with Crippen LogP contribution in [-0.4, -0.2) is 65.2 Å². The van der Waals surface area contributed by atoms with Gasteiger partial charge in [0.05, 0.1) is 6.61 Å². The minimum Gasteiger partial charge on any atom is -0.363 e. The number of rotatable bonds is 9. The van der Waals surface area contributed by atoms with E-state index >= 15 is 0 Å². The van der Waals surface area contributed by atoms with Gasteiger partial charge in [0.2, 0.25) is 5.82 Å². The quantitative estimate of drug-likeness (QED) is 0.202. The lowest BCUT2D eigenvalue weighted by atomic mass is 10.2. The van der Waals surface area contributed by atoms with Crippen LogP contribution in [0, 0.1) is 0 Å². The molecule has 2 saturated heterocycles. The number of fused-ring (bicyclic) bond motifs is 1. The molecule has 2 fully saturated rings. The average Bonchev–Trinajstić information content (AvgIpc) is 2.98. The first kappa shape index (κ1) is 21.6. The summed E-state index contributed by atoms with van der Waals surface area (Å²) in [5.74, 6) is -1.13. The molecule has 0 aliphatic carbocycles. The number of nitrogens with two attached hydrogens (primary N) is 1. The Morgan fingerprint density at radius 1 is 1.14 bits per heavy atom. The van der Waals surface area contributed by atoms with Crippen molar-refractivity contribution in [2.45, 2.75) is 24.5 Å². The number of epoxide rings is 1. The molecule has 28 heavy (non-hydrogen) atoms. The van der Waals surface area contributed by atoms with E-state index in [1.807, 2.05) is 0 Å². The first-order valence-corrected chi connectivity index (χ1v) is 11.6. The summed E-state index contributed by atoms with van der Waals surface area (Å²) in [4.78, 5) is 50.1. The van der Waals surface area contributed by atoms with Gasteiger partial charge in [-0.25, -0.2) is 23.4 Å². The topological polar surface area (TPSA) is 255 Å². The highest BCUT2D eigenvalue weighted by atomic mass is 31.3. The lowest BCUT2D eigenvalue weighted by Crippen LogP contribution is -2.24. The molecule has 20 heteroatoms. The normalized spacial score (nSPS) is 31.0. The van der Waals surface area contributed by atoms with Crippen LogP contribution < -0.4 is 5.73 Å². The van der Waals surface area contributed by atoms with Gasteiger partial charge in [0, 0.05) is 0 Å². The number of ether oxygens (including phenoxy) is 2. The first-order chi connectivity index (χ1) is 12.8. The Kier molecular flexibility index (Phi) is 5.66. The standard InChI is InChI=1S/C8H13N4O13P3/c9-6(13)7-10-2-12(11-7)8-5-4(23-5)3(22-8)1-21-27(17,18)25-28(19,20)24-26(14,15)16/h2-5,8H,1H2,(H2,9,13)(H,17,18)(H,19,20)(H2,14,15,16)/t3-,4-,5-,8-/m1/s1. The van der Waals surface area contributed by atoms with Crippen LogP contribution in [0.3, 0.4) is 0 Å². The zero-order valence-corrected chi connectivity index (χ0v) is 16.0. The second-order valence-electron chi connectivity index (χ2n) is 5.43. The third-order valence-electron chi connectivity index (χ3n) is 3.33. The summed E-state index contributed by atoms with van der Waals surface area (Å²) >= 11 is 0. The maximum absolute atomic E-state index is 11.7. The third-order valence-corrected chi connectivity index (χ3v) is 7.13. The number of amides is 1. The molecular weight excluding hydrogens is 453 g/mol. The molecule has 0 spiro atoms. The molecule has 17 nitrogen and oxygen atoms in total. The van der Waals surface area contributed by atoms with Gasteiger partial charge in [0.15, 0.2) is 6.23 Å². The number of carbonyl (C=O) groups excluding carboxylic acids is 1. The molecule has 2 aliphatic rings. The van der Waals surface area contributed by atoms with E-state index < -0.39 is 60.5 Å². The van der Waals surface area contributed by atoms with Gasteiger partial charge < -0.3 is 34.8 Å². The summed E-state index contributed by atoms with van der Waals surface area (Å²) in [6, 6.07) is 0. The van der Waals surface area contributed by atoms with E-state index in [0.717, 1.165) is 11.0 Å². The number of phosphoric ester groups is 1. The second kappa shape index (κ2) is 7.32. The fourth-order valence-corrected chi connectivity index (χ4v) is 5.36. The maximum atomic E-state index is 11.7. The monoisotopic (exact) mass is 466 g/mol. The molecule has 0 saturated carbocycles. The van der Waals surface area contributed by atoms with Crippen LogP contribution in [0.5, 0.6) is 0 Å². The molecule has 1 aromatic heterocycles. The SMILES string of the molecule is NC(=O)c1ncn([C@@H]2O[C@H](COP(=O)(O)OP(=O)(O)OP(=O)(O)O)[C@H]3O[C@H]32)n1. The Morgan fingerprint density at radius 2 is 1.82 bits per heavy atom. The highest BCUT2D eigenvalue weighted by molar-refractivity contribution is 7.66. The molecule has 0 bridgehead atoms. The van der Waals surface area contributed by atoms with Crippen molar-refractivity contribution in [2.24, 2.45) is 5.73 Å².